The van der Waals surface area contributed by atoms with Gasteiger partial charge in [0.15, 0.2) is 0 Å². The Bertz CT molecular complexity index is 184. The smallest absolute Gasteiger partial charge is 0.372 e. The van der Waals surface area contributed by atoms with Crippen LogP contribution in [0.2, 0.25) is 0 Å². The maximum atomic E-state index is 11.5. The van der Waals surface area contributed by atoms with Gasteiger partial charge in [0.25, 0.3) is 0 Å². The number of amides is 1. The molecule has 0 aliphatic heterocycles. The summed E-state index contributed by atoms with van der Waals surface area (Å²) in [5.74, 6) is -0.666. The summed E-state index contributed by atoms with van der Waals surface area (Å²) in [6.07, 6.45) is -3.81. The van der Waals surface area contributed by atoms with Crippen LogP contribution in [0, 0.1) is 0 Å². The minimum Gasteiger partial charge on any atom is -0.372 e. The van der Waals surface area contributed by atoms with Crippen LogP contribution in [-0.4, -0.2) is 31.3 Å². The van der Waals surface area contributed by atoms with E-state index in [0.717, 1.165) is 0 Å². The third-order valence-electron chi connectivity index (χ3n) is 1.43. The summed E-state index contributed by atoms with van der Waals surface area (Å²) in [5.41, 5.74) is 10.1. The Labute approximate surface area is 79.4 Å². The topological polar surface area (TPSA) is 78.3 Å². The molecule has 0 aliphatic carbocycles. The van der Waals surface area contributed by atoms with E-state index in [2.05, 4.69) is 4.74 Å². The normalized spacial score (nSPS) is 14.0. The number of halogens is 3. The van der Waals surface area contributed by atoms with Crippen molar-refractivity contribution < 1.29 is 22.7 Å². The molecule has 4 N–H and O–H groups in total. The van der Waals surface area contributed by atoms with Crippen LogP contribution in [0.1, 0.15) is 12.8 Å². The van der Waals surface area contributed by atoms with Gasteiger partial charge in [-0.2, -0.15) is 13.2 Å². The van der Waals surface area contributed by atoms with Gasteiger partial charge in [-0.25, -0.2) is 0 Å². The lowest BCUT2D eigenvalue weighted by molar-refractivity contribution is -0.174. The van der Waals surface area contributed by atoms with Gasteiger partial charge in [-0.1, -0.05) is 0 Å². The largest absolute Gasteiger partial charge is 0.411 e. The number of ether oxygens (including phenoxy) is 1. The second-order valence-corrected chi connectivity index (χ2v) is 2.82. The molecule has 0 saturated heterocycles. The van der Waals surface area contributed by atoms with Crippen LogP contribution in [0.3, 0.4) is 0 Å². The highest BCUT2D eigenvalue weighted by atomic mass is 19.4. The number of alkyl halides is 3. The fourth-order valence-corrected chi connectivity index (χ4v) is 0.735. The SMILES string of the molecule is NC(=O)C(N)CCCOCC(F)(F)F. The molecule has 0 aromatic heterocycles. The summed E-state index contributed by atoms with van der Waals surface area (Å²) in [6, 6.07) is -0.815. The number of primary amides is 1. The lowest BCUT2D eigenvalue weighted by Gasteiger charge is -2.09. The number of carbonyl (C=O) groups is 1. The van der Waals surface area contributed by atoms with Crippen LogP contribution in [-0.2, 0) is 9.53 Å². The average Bonchev–Trinajstić information content (AvgIpc) is 2.01. The molecular weight excluding hydrogens is 201 g/mol. The average molecular weight is 214 g/mol. The fraction of sp³-hybridized carbons (Fsp3) is 0.857. The Kier molecular flexibility index (Phi) is 5.47. The Balaban J connectivity index is 3.35. The lowest BCUT2D eigenvalue weighted by Crippen LogP contribution is -2.36. The molecule has 0 radical (unpaired) electrons. The first-order valence-electron chi connectivity index (χ1n) is 4.02. The second-order valence-electron chi connectivity index (χ2n) is 2.82. The molecule has 0 aromatic carbocycles. The minimum atomic E-state index is -4.31. The molecule has 4 nitrogen and oxygen atoms in total. The molecule has 0 heterocycles. The van der Waals surface area contributed by atoms with E-state index in [1.807, 2.05) is 0 Å². The highest BCUT2D eigenvalue weighted by Gasteiger charge is 2.27. The Hall–Kier alpha value is -0.820. The predicted molar refractivity (Wildman–Crippen MR) is 43.3 cm³/mol. The van der Waals surface area contributed by atoms with Crippen molar-refractivity contribution >= 4 is 5.91 Å². The zero-order chi connectivity index (χ0) is 11.2. The maximum absolute atomic E-state index is 11.5. The molecule has 14 heavy (non-hydrogen) atoms. The lowest BCUT2D eigenvalue weighted by atomic mass is 10.2. The second kappa shape index (κ2) is 5.82. The highest BCUT2D eigenvalue weighted by molar-refractivity contribution is 5.79. The molecule has 1 unspecified atom stereocenters. The molecule has 0 spiro atoms. The molecule has 0 fully saturated rings. The van der Waals surface area contributed by atoms with E-state index >= 15 is 0 Å². The maximum Gasteiger partial charge on any atom is 0.411 e. The van der Waals surface area contributed by atoms with Gasteiger partial charge in [-0.15, -0.1) is 0 Å². The van der Waals surface area contributed by atoms with Crippen molar-refractivity contribution in [2.24, 2.45) is 11.5 Å². The third kappa shape index (κ3) is 7.81. The van der Waals surface area contributed by atoms with Crippen molar-refractivity contribution in [3.63, 3.8) is 0 Å². The predicted octanol–water partition coefficient (Wildman–Crippen LogP) is 0.158. The zero-order valence-electron chi connectivity index (χ0n) is 7.51. The first-order chi connectivity index (χ1) is 6.33. The van der Waals surface area contributed by atoms with Gasteiger partial charge in [0, 0.05) is 6.61 Å². The van der Waals surface area contributed by atoms with E-state index in [-0.39, 0.29) is 19.4 Å². The first-order valence-corrected chi connectivity index (χ1v) is 4.02. The standard InChI is InChI=1S/C7H13F3N2O2/c8-7(9,10)4-14-3-1-2-5(11)6(12)13/h5H,1-4,11H2,(H2,12,13). The first kappa shape index (κ1) is 13.2. The summed E-state index contributed by atoms with van der Waals surface area (Å²) < 4.78 is 38.9. The van der Waals surface area contributed by atoms with Gasteiger partial charge in [0.2, 0.25) is 5.91 Å². The molecular formula is C7H13F3N2O2. The summed E-state index contributed by atoms with van der Waals surface area (Å²) in [7, 11) is 0. The van der Waals surface area contributed by atoms with Gasteiger partial charge in [-0.3, -0.25) is 4.79 Å². The monoisotopic (exact) mass is 214 g/mol. The van der Waals surface area contributed by atoms with Gasteiger partial charge in [0.05, 0.1) is 6.04 Å². The quantitative estimate of drug-likeness (QED) is 0.618. The molecule has 84 valence electrons. The van der Waals surface area contributed by atoms with Crippen molar-refractivity contribution in [1.82, 2.24) is 0 Å². The number of rotatable bonds is 6. The molecule has 0 saturated carbocycles. The van der Waals surface area contributed by atoms with Crippen molar-refractivity contribution in [3.05, 3.63) is 0 Å². The fourth-order valence-electron chi connectivity index (χ4n) is 0.735. The van der Waals surface area contributed by atoms with Gasteiger partial charge < -0.3 is 16.2 Å². The molecule has 0 bridgehead atoms. The van der Waals surface area contributed by atoms with Crippen molar-refractivity contribution in [1.29, 1.82) is 0 Å². The number of hydrogen-bond donors (Lipinski definition) is 2. The number of nitrogens with two attached hydrogens (primary N) is 2. The molecule has 1 atom stereocenters. The van der Waals surface area contributed by atoms with Gasteiger partial charge >= 0.3 is 6.18 Å². The van der Waals surface area contributed by atoms with E-state index < -0.39 is 24.7 Å². The summed E-state index contributed by atoms with van der Waals surface area (Å²) >= 11 is 0. The molecule has 0 rings (SSSR count). The summed E-state index contributed by atoms with van der Waals surface area (Å²) in [5, 5.41) is 0. The molecule has 7 heteroatoms. The number of hydrogen-bond acceptors (Lipinski definition) is 3. The zero-order valence-corrected chi connectivity index (χ0v) is 7.51. The third-order valence-corrected chi connectivity index (χ3v) is 1.43. The highest BCUT2D eigenvalue weighted by Crippen LogP contribution is 2.14. The molecule has 1 amide bonds. The summed E-state index contributed by atoms with van der Waals surface area (Å²) in [4.78, 5) is 10.4. The number of carbonyl (C=O) groups excluding carboxylic acids is 1. The van der Waals surface area contributed by atoms with Crippen LogP contribution >= 0.6 is 0 Å². The summed E-state index contributed by atoms with van der Waals surface area (Å²) in [6.45, 7) is -1.36. The Morgan fingerprint density at radius 2 is 2.00 bits per heavy atom. The van der Waals surface area contributed by atoms with Crippen LogP contribution in [0.4, 0.5) is 13.2 Å². The van der Waals surface area contributed by atoms with Crippen LogP contribution in [0.25, 0.3) is 0 Å². The van der Waals surface area contributed by atoms with Crippen LogP contribution in [0.5, 0.6) is 0 Å². The van der Waals surface area contributed by atoms with E-state index in [1.165, 1.54) is 0 Å². The van der Waals surface area contributed by atoms with Gasteiger partial charge in [-0.05, 0) is 12.8 Å². The molecule has 0 aliphatic rings. The van der Waals surface area contributed by atoms with E-state index in [0.29, 0.717) is 0 Å². The molecule has 0 aromatic rings. The van der Waals surface area contributed by atoms with Crippen molar-refractivity contribution in [2.45, 2.75) is 25.1 Å². The van der Waals surface area contributed by atoms with Crippen LogP contribution in [0.15, 0.2) is 0 Å². The van der Waals surface area contributed by atoms with Crippen molar-refractivity contribution in [3.8, 4) is 0 Å². The van der Waals surface area contributed by atoms with E-state index in [9.17, 15) is 18.0 Å². The van der Waals surface area contributed by atoms with Crippen LogP contribution < -0.4 is 11.5 Å². The Morgan fingerprint density at radius 3 is 2.43 bits per heavy atom. The van der Waals surface area contributed by atoms with E-state index in [4.69, 9.17) is 11.5 Å². The Morgan fingerprint density at radius 1 is 1.43 bits per heavy atom. The van der Waals surface area contributed by atoms with Crippen molar-refractivity contribution in [2.75, 3.05) is 13.2 Å². The minimum absolute atomic E-state index is 0.0828. The van der Waals surface area contributed by atoms with E-state index in [1.54, 1.807) is 0 Å². The van der Waals surface area contributed by atoms with Gasteiger partial charge in [0.1, 0.15) is 6.61 Å².